The summed E-state index contributed by atoms with van der Waals surface area (Å²) in [5.41, 5.74) is 13.0. The molecule has 9 heteroatoms. The van der Waals surface area contributed by atoms with Crippen molar-refractivity contribution in [2.75, 3.05) is 6.54 Å². The smallest absolute Gasteiger partial charge is 0.408 e. The van der Waals surface area contributed by atoms with Crippen LogP contribution in [-0.4, -0.2) is 41.2 Å². The van der Waals surface area contributed by atoms with Crippen molar-refractivity contribution in [2.24, 2.45) is 29.2 Å². The average Bonchev–Trinajstić information content (AvgIpc) is 2.84. The van der Waals surface area contributed by atoms with Gasteiger partial charge in [0.1, 0.15) is 17.5 Å². The maximum absolute atomic E-state index is 12.6. The summed E-state index contributed by atoms with van der Waals surface area (Å²) in [6.45, 7) is 0.740. The summed E-state index contributed by atoms with van der Waals surface area (Å²) >= 11 is 0. The number of nitrogen functional groups attached to an aromatic ring is 1. The molecule has 0 aliphatic heterocycles. The molecule has 38 heavy (non-hydrogen) atoms. The highest BCUT2D eigenvalue weighted by molar-refractivity contribution is 5.95. The van der Waals surface area contributed by atoms with Gasteiger partial charge in [0.05, 0.1) is 0 Å². The molecule has 4 aliphatic carbocycles. The number of hydrogen-bond acceptors (Lipinski definition) is 5. The van der Waals surface area contributed by atoms with Gasteiger partial charge in [0.25, 0.3) is 0 Å². The molecule has 206 valence electrons. The number of rotatable bonds is 8. The molecule has 1 amide bonds. The second-order valence-electron chi connectivity index (χ2n) is 10.9. The third-order valence-electron chi connectivity index (χ3n) is 7.84. The number of halogens is 1. The molecule has 0 heterocycles. The number of hydrogen-bond donors (Lipinski definition) is 5. The van der Waals surface area contributed by atoms with Gasteiger partial charge in [-0.2, -0.15) is 0 Å². The normalized spacial score (nSPS) is 25.2. The molecule has 0 aromatic heterocycles. The SMILES string of the molecule is Cl.N=C(N)c1cccc(C[C@@H](NC(=O)OC23CC4CC(CC(C4)C2)C3)C(=O)O)c1.NCCc1ccccc1. The number of carbonyl (C=O) groups is 2. The number of amides is 1. The van der Waals surface area contributed by atoms with Gasteiger partial charge in [-0.1, -0.05) is 48.5 Å². The molecule has 0 saturated heterocycles. The van der Waals surface area contributed by atoms with E-state index in [1.54, 1.807) is 24.3 Å². The maximum Gasteiger partial charge on any atom is 0.408 e. The van der Waals surface area contributed by atoms with Gasteiger partial charge in [-0.15, -0.1) is 12.4 Å². The van der Waals surface area contributed by atoms with E-state index in [0.717, 1.165) is 32.2 Å². The molecule has 4 aliphatic rings. The van der Waals surface area contributed by atoms with Crippen LogP contribution in [0.4, 0.5) is 4.79 Å². The van der Waals surface area contributed by atoms with E-state index < -0.39 is 23.7 Å². The van der Waals surface area contributed by atoms with E-state index in [0.29, 0.717) is 28.9 Å². The predicted molar refractivity (Wildman–Crippen MR) is 150 cm³/mol. The highest BCUT2D eigenvalue weighted by atomic mass is 35.5. The van der Waals surface area contributed by atoms with Crippen molar-refractivity contribution in [1.29, 1.82) is 5.41 Å². The van der Waals surface area contributed by atoms with E-state index in [2.05, 4.69) is 17.4 Å². The summed E-state index contributed by atoms with van der Waals surface area (Å²) in [5, 5.41) is 19.6. The van der Waals surface area contributed by atoms with Crippen LogP contribution in [0.5, 0.6) is 0 Å². The lowest BCUT2D eigenvalue weighted by Crippen LogP contribution is -2.55. The molecule has 7 N–H and O–H groups in total. The fourth-order valence-electron chi connectivity index (χ4n) is 6.64. The standard InChI is InChI=1S/C21H27N3O4.C8H11N.ClH/c22-18(23)16-3-1-2-12(7-16)8-17(19(25)26)24-20(27)28-21-9-13-4-14(10-21)6-15(5-13)11-21;9-7-6-8-4-2-1-3-5-8;/h1-3,7,13-15,17H,4-6,8-11H2,(H3,22,23)(H,24,27)(H,25,26);1-5H,6-7,9H2;1H/t13?,14?,15?,17-,21?;;/m1../s1. The molecule has 4 bridgehead atoms. The van der Waals surface area contributed by atoms with Gasteiger partial charge >= 0.3 is 12.1 Å². The Hall–Kier alpha value is -3.10. The van der Waals surface area contributed by atoms with Crippen LogP contribution >= 0.6 is 12.4 Å². The minimum atomic E-state index is -1.12. The molecule has 2 aromatic carbocycles. The fourth-order valence-corrected chi connectivity index (χ4v) is 6.64. The van der Waals surface area contributed by atoms with Gasteiger partial charge in [0.15, 0.2) is 0 Å². The lowest BCUT2D eigenvalue weighted by atomic mass is 9.54. The zero-order chi connectivity index (χ0) is 26.4. The first kappa shape index (κ1) is 29.5. The Morgan fingerprint density at radius 3 is 2.11 bits per heavy atom. The summed E-state index contributed by atoms with van der Waals surface area (Å²) in [5.74, 6) is 0.731. The molecule has 1 atom stereocenters. The number of nitrogens with one attached hydrogen (secondary N) is 2. The van der Waals surface area contributed by atoms with E-state index in [-0.39, 0.29) is 24.7 Å². The third kappa shape index (κ3) is 7.71. The summed E-state index contributed by atoms with van der Waals surface area (Å²) in [6, 6.07) is 16.0. The second-order valence-corrected chi connectivity index (χ2v) is 10.9. The number of carbonyl (C=O) groups excluding carboxylic acids is 1. The fraction of sp³-hybridized carbons (Fsp3) is 0.483. The van der Waals surface area contributed by atoms with E-state index in [1.807, 2.05) is 18.2 Å². The average molecular weight is 543 g/mol. The van der Waals surface area contributed by atoms with Crippen molar-refractivity contribution >= 4 is 30.3 Å². The Labute approximate surface area is 230 Å². The Kier molecular flexibility index (Phi) is 10.2. The lowest BCUT2D eigenvalue weighted by molar-refractivity contribution is -0.141. The van der Waals surface area contributed by atoms with Gasteiger partial charge in [-0.05, 0) is 86.4 Å². The van der Waals surface area contributed by atoms with E-state index in [1.165, 1.54) is 24.8 Å². The molecular formula is C29H39ClN4O4. The quantitative estimate of drug-likeness (QED) is 0.248. The minimum Gasteiger partial charge on any atom is -0.480 e. The number of aliphatic carboxylic acids is 1. The lowest BCUT2D eigenvalue weighted by Gasteiger charge is -2.55. The third-order valence-corrected chi connectivity index (χ3v) is 7.84. The number of benzene rings is 2. The molecule has 4 fully saturated rings. The van der Waals surface area contributed by atoms with Crippen LogP contribution < -0.4 is 16.8 Å². The molecule has 0 radical (unpaired) electrons. The van der Waals surface area contributed by atoms with E-state index in [4.69, 9.17) is 21.6 Å². The highest BCUT2D eigenvalue weighted by Crippen LogP contribution is 2.57. The summed E-state index contributed by atoms with van der Waals surface area (Å²) < 4.78 is 5.86. The van der Waals surface area contributed by atoms with Gasteiger partial charge in [0.2, 0.25) is 0 Å². The van der Waals surface area contributed by atoms with Crippen LogP contribution in [-0.2, 0) is 22.4 Å². The molecule has 6 rings (SSSR count). The maximum atomic E-state index is 12.6. The summed E-state index contributed by atoms with van der Waals surface area (Å²) in [6.07, 6.45) is 6.91. The van der Waals surface area contributed by atoms with Crippen molar-refractivity contribution in [1.82, 2.24) is 5.32 Å². The van der Waals surface area contributed by atoms with Crippen molar-refractivity contribution in [2.45, 2.75) is 63.0 Å². The number of amidine groups is 1. The predicted octanol–water partition coefficient (Wildman–Crippen LogP) is 4.27. The highest BCUT2D eigenvalue weighted by Gasteiger charge is 2.53. The Morgan fingerprint density at radius 2 is 1.58 bits per heavy atom. The summed E-state index contributed by atoms with van der Waals surface area (Å²) in [7, 11) is 0. The van der Waals surface area contributed by atoms with E-state index in [9.17, 15) is 14.7 Å². The Morgan fingerprint density at radius 1 is 1.00 bits per heavy atom. The van der Waals surface area contributed by atoms with Crippen LogP contribution in [0.15, 0.2) is 54.6 Å². The monoisotopic (exact) mass is 542 g/mol. The van der Waals surface area contributed by atoms with Crippen molar-refractivity contribution in [3.05, 3.63) is 71.3 Å². The molecule has 0 unspecified atom stereocenters. The zero-order valence-electron chi connectivity index (χ0n) is 21.6. The number of carboxylic acids is 1. The van der Waals surface area contributed by atoms with Gasteiger partial charge < -0.3 is 26.6 Å². The van der Waals surface area contributed by atoms with Crippen molar-refractivity contribution in [3.63, 3.8) is 0 Å². The van der Waals surface area contributed by atoms with Crippen molar-refractivity contribution in [3.8, 4) is 0 Å². The number of alkyl carbamates (subject to hydrolysis) is 1. The largest absolute Gasteiger partial charge is 0.480 e. The van der Waals surface area contributed by atoms with Crippen LogP contribution in [0.3, 0.4) is 0 Å². The summed E-state index contributed by atoms with van der Waals surface area (Å²) in [4.78, 5) is 24.2. The number of ether oxygens (including phenoxy) is 1. The first-order valence-corrected chi connectivity index (χ1v) is 13.1. The topological polar surface area (TPSA) is 152 Å². The molecule has 4 saturated carbocycles. The zero-order valence-corrected chi connectivity index (χ0v) is 22.4. The van der Waals surface area contributed by atoms with Gasteiger partial charge in [-0.3, -0.25) is 5.41 Å². The van der Waals surface area contributed by atoms with Crippen LogP contribution in [0.2, 0.25) is 0 Å². The molecule has 8 nitrogen and oxygen atoms in total. The molecule has 2 aromatic rings. The first-order valence-electron chi connectivity index (χ1n) is 13.1. The van der Waals surface area contributed by atoms with Gasteiger partial charge in [0, 0.05) is 12.0 Å². The number of nitrogens with two attached hydrogens (primary N) is 2. The number of carboxylic acid groups (broad SMARTS) is 1. The minimum absolute atomic E-state index is 0. The van der Waals surface area contributed by atoms with Crippen molar-refractivity contribution < 1.29 is 19.4 Å². The van der Waals surface area contributed by atoms with Crippen LogP contribution in [0, 0.1) is 23.2 Å². The Balaban J connectivity index is 0.000000341. The van der Waals surface area contributed by atoms with Crippen LogP contribution in [0.25, 0.3) is 0 Å². The van der Waals surface area contributed by atoms with Crippen LogP contribution in [0.1, 0.15) is 55.2 Å². The Bertz CT molecular complexity index is 1080. The van der Waals surface area contributed by atoms with Gasteiger partial charge in [-0.25, -0.2) is 9.59 Å². The molecule has 0 spiro atoms. The van der Waals surface area contributed by atoms with E-state index >= 15 is 0 Å². The first-order chi connectivity index (χ1) is 17.7. The second kappa shape index (κ2) is 13.1. The molecular weight excluding hydrogens is 504 g/mol.